The summed E-state index contributed by atoms with van der Waals surface area (Å²) >= 11 is 5.00. The summed E-state index contributed by atoms with van der Waals surface area (Å²) in [5.41, 5.74) is -0.997. The molecule has 3 rings (SSSR count). The average Bonchev–Trinajstić information content (AvgIpc) is 2.65. The smallest absolute Gasteiger partial charge is 0.347 e. The summed E-state index contributed by atoms with van der Waals surface area (Å²) in [6.45, 7) is 0. The molecular formula is C18H14F3N5O2S. The van der Waals surface area contributed by atoms with Crippen LogP contribution in [0.5, 0.6) is 0 Å². The molecule has 1 aromatic carbocycles. The van der Waals surface area contributed by atoms with Crippen LogP contribution in [0.15, 0.2) is 42.2 Å². The Hall–Kier alpha value is -3.34. The number of benzene rings is 1. The zero-order valence-corrected chi connectivity index (χ0v) is 16.0. The van der Waals surface area contributed by atoms with Crippen molar-refractivity contribution in [1.29, 1.82) is 0 Å². The van der Waals surface area contributed by atoms with Crippen molar-refractivity contribution in [2.45, 2.75) is 6.18 Å². The van der Waals surface area contributed by atoms with E-state index in [1.54, 1.807) is 19.0 Å². The number of alkyl halides is 3. The van der Waals surface area contributed by atoms with Crippen LogP contribution in [-0.4, -0.2) is 41.0 Å². The summed E-state index contributed by atoms with van der Waals surface area (Å²) in [5.74, 6) is -1.19. The fourth-order valence-electron chi connectivity index (χ4n) is 2.52. The number of nitrogens with one attached hydrogen (secondary N) is 1. The lowest BCUT2D eigenvalue weighted by Crippen LogP contribution is -2.54. The molecule has 0 spiro atoms. The highest BCUT2D eigenvalue weighted by Crippen LogP contribution is 2.32. The molecule has 2 amide bonds. The predicted molar refractivity (Wildman–Crippen MR) is 104 cm³/mol. The molecule has 0 unspecified atom stereocenters. The van der Waals surface area contributed by atoms with Crippen LogP contribution in [0.25, 0.3) is 6.08 Å². The van der Waals surface area contributed by atoms with Gasteiger partial charge in [0, 0.05) is 32.1 Å². The summed E-state index contributed by atoms with van der Waals surface area (Å²) in [5, 5.41) is 2.01. The van der Waals surface area contributed by atoms with Crippen LogP contribution in [-0.2, 0) is 15.8 Å². The molecule has 0 atom stereocenters. The highest BCUT2D eigenvalue weighted by Gasteiger charge is 2.36. The molecule has 1 aromatic heterocycles. The molecule has 150 valence electrons. The zero-order valence-electron chi connectivity index (χ0n) is 15.2. The minimum Gasteiger partial charge on any atom is -0.347 e. The molecule has 2 aromatic rings. The van der Waals surface area contributed by atoms with E-state index in [-0.39, 0.29) is 16.4 Å². The Morgan fingerprint density at radius 3 is 2.41 bits per heavy atom. The molecule has 0 saturated carbocycles. The fraction of sp³-hybridized carbons (Fsp3) is 0.167. The molecule has 1 fully saturated rings. The Kier molecular flexibility index (Phi) is 5.33. The first-order valence-electron chi connectivity index (χ1n) is 8.16. The van der Waals surface area contributed by atoms with E-state index in [2.05, 4.69) is 15.3 Å². The Balaban J connectivity index is 1.98. The van der Waals surface area contributed by atoms with Crippen LogP contribution in [0, 0.1) is 0 Å². The number of thiocarbonyl (C=S) groups is 1. The summed E-state index contributed by atoms with van der Waals surface area (Å²) in [6, 6.07) is 4.11. The maximum atomic E-state index is 13.0. The van der Waals surface area contributed by atoms with Crippen molar-refractivity contribution in [3.8, 4) is 0 Å². The first-order chi connectivity index (χ1) is 13.6. The van der Waals surface area contributed by atoms with E-state index in [1.165, 1.54) is 24.5 Å². The maximum absolute atomic E-state index is 13.0. The van der Waals surface area contributed by atoms with E-state index < -0.39 is 23.6 Å². The summed E-state index contributed by atoms with van der Waals surface area (Å²) in [4.78, 5) is 35.8. The number of hydrogen-bond donors (Lipinski definition) is 1. The number of aromatic nitrogens is 2. The second-order valence-corrected chi connectivity index (χ2v) is 6.60. The average molecular weight is 421 g/mol. The predicted octanol–water partition coefficient (Wildman–Crippen LogP) is 2.39. The van der Waals surface area contributed by atoms with Crippen LogP contribution >= 0.6 is 12.2 Å². The van der Waals surface area contributed by atoms with Crippen LogP contribution in [0.4, 0.5) is 24.8 Å². The van der Waals surface area contributed by atoms with Gasteiger partial charge in [-0.05, 0) is 36.5 Å². The van der Waals surface area contributed by atoms with Crippen molar-refractivity contribution in [2.75, 3.05) is 23.9 Å². The van der Waals surface area contributed by atoms with E-state index in [9.17, 15) is 22.8 Å². The summed E-state index contributed by atoms with van der Waals surface area (Å²) in [7, 11) is 3.50. The van der Waals surface area contributed by atoms with Gasteiger partial charge >= 0.3 is 6.18 Å². The van der Waals surface area contributed by atoms with Gasteiger partial charge in [0.15, 0.2) is 5.11 Å². The molecule has 2 heterocycles. The van der Waals surface area contributed by atoms with Gasteiger partial charge in [0.1, 0.15) is 5.57 Å². The third kappa shape index (κ3) is 4.24. The van der Waals surface area contributed by atoms with Gasteiger partial charge in [0.2, 0.25) is 5.95 Å². The van der Waals surface area contributed by atoms with Crippen molar-refractivity contribution in [3.63, 3.8) is 0 Å². The van der Waals surface area contributed by atoms with E-state index in [0.29, 0.717) is 11.5 Å². The molecule has 29 heavy (non-hydrogen) atoms. The molecule has 0 bridgehead atoms. The van der Waals surface area contributed by atoms with Gasteiger partial charge in [0.25, 0.3) is 11.8 Å². The second kappa shape index (κ2) is 7.59. The third-order valence-electron chi connectivity index (χ3n) is 3.90. The van der Waals surface area contributed by atoms with Gasteiger partial charge in [-0.25, -0.2) is 9.97 Å². The van der Waals surface area contributed by atoms with Gasteiger partial charge in [-0.1, -0.05) is 6.07 Å². The lowest BCUT2D eigenvalue weighted by molar-refractivity contribution is -0.137. The Bertz CT molecular complexity index is 1020. The Morgan fingerprint density at radius 1 is 1.17 bits per heavy atom. The molecule has 1 N–H and O–H groups in total. The normalized spacial score (nSPS) is 16.2. The van der Waals surface area contributed by atoms with Crippen molar-refractivity contribution < 1.29 is 22.8 Å². The fourth-order valence-corrected chi connectivity index (χ4v) is 2.80. The molecular weight excluding hydrogens is 407 g/mol. The molecule has 1 saturated heterocycles. The highest BCUT2D eigenvalue weighted by atomic mass is 32.1. The molecule has 11 heteroatoms. The van der Waals surface area contributed by atoms with Crippen molar-refractivity contribution in [3.05, 3.63) is 53.4 Å². The Morgan fingerprint density at radius 2 is 1.83 bits per heavy atom. The zero-order chi connectivity index (χ0) is 21.3. The van der Waals surface area contributed by atoms with Crippen LogP contribution in [0.1, 0.15) is 11.1 Å². The van der Waals surface area contributed by atoms with Gasteiger partial charge < -0.3 is 4.90 Å². The first kappa shape index (κ1) is 20.4. The van der Waals surface area contributed by atoms with E-state index in [0.717, 1.165) is 23.1 Å². The lowest BCUT2D eigenvalue weighted by atomic mass is 10.1. The maximum Gasteiger partial charge on any atom is 0.416 e. The molecule has 1 aliphatic rings. The lowest BCUT2D eigenvalue weighted by Gasteiger charge is -2.29. The molecule has 1 aliphatic heterocycles. The van der Waals surface area contributed by atoms with Crippen LogP contribution in [0.3, 0.4) is 0 Å². The molecule has 7 nitrogen and oxygen atoms in total. The number of rotatable bonds is 3. The highest BCUT2D eigenvalue weighted by molar-refractivity contribution is 7.80. The van der Waals surface area contributed by atoms with Crippen LogP contribution < -0.4 is 15.1 Å². The van der Waals surface area contributed by atoms with Gasteiger partial charge in [-0.15, -0.1) is 0 Å². The monoisotopic (exact) mass is 421 g/mol. The van der Waals surface area contributed by atoms with Crippen molar-refractivity contribution in [2.24, 2.45) is 0 Å². The standard InChI is InChI=1S/C18H14F3N5O2S/c1-25(2)16-22-8-10(9-23-16)6-13-14(27)24-17(29)26(15(13)28)12-5-3-4-11(7-12)18(19,20)21/h3-9H,1-2H3,(H,24,27,29). The molecule has 0 radical (unpaired) electrons. The number of carbonyl (C=O) groups excluding carboxylic acids is 2. The van der Waals surface area contributed by atoms with Crippen molar-refractivity contribution >= 4 is 46.9 Å². The van der Waals surface area contributed by atoms with Gasteiger partial charge in [-0.2, -0.15) is 13.2 Å². The number of hydrogen-bond acceptors (Lipinski definition) is 6. The number of anilines is 2. The molecule has 0 aliphatic carbocycles. The summed E-state index contributed by atoms with van der Waals surface area (Å²) in [6.07, 6.45) is -0.516. The topological polar surface area (TPSA) is 78.4 Å². The van der Waals surface area contributed by atoms with Gasteiger partial charge in [0.05, 0.1) is 11.3 Å². The number of halogens is 3. The first-order valence-corrected chi connectivity index (χ1v) is 8.57. The SMILES string of the molecule is CN(C)c1ncc(C=C2C(=O)NC(=S)N(c3cccc(C(F)(F)F)c3)C2=O)cn1. The largest absolute Gasteiger partial charge is 0.416 e. The number of nitrogens with zero attached hydrogens (tertiary/aromatic N) is 4. The minimum absolute atomic E-state index is 0.111. The number of carbonyl (C=O) groups is 2. The minimum atomic E-state index is -4.59. The quantitative estimate of drug-likeness (QED) is 0.466. The van der Waals surface area contributed by atoms with E-state index in [1.807, 2.05) is 0 Å². The second-order valence-electron chi connectivity index (χ2n) is 6.22. The van der Waals surface area contributed by atoms with E-state index in [4.69, 9.17) is 12.2 Å². The Labute approximate surface area is 168 Å². The summed E-state index contributed by atoms with van der Waals surface area (Å²) < 4.78 is 39.0. The van der Waals surface area contributed by atoms with Crippen molar-refractivity contribution in [1.82, 2.24) is 15.3 Å². The van der Waals surface area contributed by atoms with Crippen LogP contribution in [0.2, 0.25) is 0 Å². The van der Waals surface area contributed by atoms with E-state index >= 15 is 0 Å². The third-order valence-corrected chi connectivity index (χ3v) is 4.19. The number of amides is 2. The van der Waals surface area contributed by atoms with Gasteiger partial charge in [-0.3, -0.25) is 19.8 Å².